The molecule has 2 aromatic heterocycles. The second kappa shape index (κ2) is 5.05. The van der Waals surface area contributed by atoms with E-state index in [-0.39, 0.29) is 0 Å². The molecule has 20 heavy (non-hydrogen) atoms. The second-order valence-corrected chi connectivity index (χ2v) is 4.76. The molecule has 1 N–H and O–H groups in total. The van der Waals surface area contributed by atoms with Crippen LogP contribution in [0.25, 0.3) is 16.9 Å². The Hall–Kier alpha value is -2.21. The molecule has 0 radical (unpaired) electrons. The Balaban J connectivity index is 2.31. The lowest BCUT2D eigenvalue weighted by atomic mass is 10.1. The largest absolute Gasteiger partial charge is 0.479 e. The molecule has 0 atom stereocenters. The van der Waals surface area contributed by atoms with Gasteiger partial charge in [-0.2, -0.15) is 4.98 Å². The van der Waals surface area contributed by atoms with Crippen molar-refractivity contribution < 1.29 is 4.74 Å². The minimum Gasteiger partial charge on any atom is -0.479 e. The summed E-state index contributed by atoms with van der Waals surface area (Å²) in [6.45, 7) is 2.12. The lowest BCUT2D eigenvalue weighted by molar-refractivity contribution is 0.401. The number of imidazole rings is 1. The quantitative estimate of drug-likeness (QED) is 0.752. The van der Waals surface area contributed by atoms with Crippen LogP contribution in [0.5, 0.6) is 5.88 Å². The Morgan fingerprint density at radius 1 is 1.35 bits per heavy atom. The fraction of sp³-hybridized carbons (Fsp3) is 0.214. The maximum absolute atomic E-state index is 5.41. The van der Waals surface area contributed by atoms with Crippen molar-refractivity contribution in [1.29, 1.82) is 0 Å². The van der Waals surface area contributed by atoms with E-state index in [2.05, 4.69) is 34.0 Å². The Kier molecular flexibility index (Phi) is 3.23. The highest BCUT2D eigenvalue weighted by molar-refractivity contribution is 7.71. The van der Waals surface area contributed by atoms with Gasteiger partial charge in [0.15, 0.2) is 10.4 Å². The maximum atomic E-state index is 5.41. The summed E-state index contributed by atoms with van der Waals surface area (Å²) < 4.78 is 7.71. The first-order chi connectivity index (χ1) is 9.74. The van der Waals surface area contributed by atoms with E-state index in [9.17, 15) is 0 Å². The summed E-state index contributed by atoms with van der Waals surface area (Å²) in [7, 11) is 1.58. The van der Waals surface area contributed by atoms with Gasteiger partial charge in [0.25, 0.3) is 0 Å². The number of H-pyrrole nitrogens is 1. The number of hydrogen-bond donors (Lipinski definition) is 1. The molecule has 0 saturated heterocycles. The lowest BCUT2D eigenvalue weighted by Gasteiger charge is -2.06. The molecule has 3 rings (SSSR count). The first-order valence-corrected chi connectivity index (χ1v) is 6.74. The monoisotopic (exact) mass is 286 g/mol. The Labute approximate surface area is 121 Å². The van der Waals surface area contributed by atoms with Gasteiger partial charge < -0.3 is 9.72 Å². The Bertz CT molecular complexity index is 821. The van der Waals surface area contributed by atoms with Crippen LogP contribution in [0.2, 0.25) is 0 Å². The van der Waals surface area contributed by atoms with E-state index in [1.165, 1.54) is 11.9 Å². The van der Waals surface area contributed by atoms with E-state index in [1.54, 1.807) is 7.11 Å². The normalized spacial score (nSPS) is 10.9. The first kappa shape index (κ1) is 12.8. The van der Waals surface area contributed by atoms with Crippen molar-refractivity contribution in [3.8, 4) is 11.6 Å². The highest BCUT2D eigenvalue weighted by Gasteiger charge is 2.12. The Morgan fingerprint density at radius 3 is 2.95 bits per heavy atom. The highest BCUT2D eigenvalue weighted by atomic mass is 32.1. The number of rotatable bonds is 3. The van der Waals surface area contributed by atoms with Crippen LogP contribution >= 0.6 is 12.2 Å². The molecule has 0 spiro atoms. The predicted octanol–water partition coefficient (Wildman–Crippen LogP) is 3.05. The van der Waals surface area contributed by atoms with Crippen LogP contribution in [-0.2, 0) is 6.42 Å². The molecule has 0 aliphatic rings. The van der Waals surface area contributed by atoms with Crippen molar-refractivity contribution in [1.82, 2.24) is 19.5 Å². The van der Waals surface area contributed by atoms with Gasteiger partial charge in [0.1, 0.15) is 11.8 Å². The van der Waals surface area contributed by atoms with Crippen molar-refractivity contribution in [2.24, 2.45) is 0 Å². The number of hydrogen-bond acceptors (Lipinski definition) is 4. The summed E-state index contributed by atoms with van der Waals surface area (Å²) in [5.41, 5.74) is 3.66. The number of methoxy groups -OCH3 is 1. The van der Waals surface area contributed by atoms with Gasteiger partial charge in [-0.3, -0.25) is 4.57 Å². The molecule has 0 amide bonds. The topological polar surface area (TPSA) is 55.7 Å². The number of benzene rings is 1. The van der Waals surface area contributed by atoms with E-state index >= 15 is 0 Å². The minimum atomic E-state index is 0.492. The van der Waals surface area contributed by atoms with Crippen molar-refractivity contribution in [2.45, 2.75) is 13.3 Å². The Morgan fingerprint density at radius 2 is 2.20 bits per heavy atom. The summed E-state index contributed by atoms with van der Waals surface area (Å²) in [5.74, 6) is 0.492. The molecule has 5 nitrogen and oxygen atoms in total. The van der Waals surface area contributed by atoms with E-state index in [0.29, 0.717) is 16.2 Å². The lowest BCUT2D eigenvalue weighted by Crippen LogP contribution is -1.97. The van der Waals surface area contributed by atoms with Gasteiger partial charge in [0.2, 0.25) is 5.88 Å². The van der Waals surface area contributed by atoms with Crippen LogP contribution in [0.4, 0.5) is 0 Å². The average Bonchev–Trinajstić information content (AvgIpc) is 2.83. The standard InChI is InChI=1S/C14H14N4OS/c1-3-9-5-4-6-10(7-9)18-12-11(17-14(18)20)13(19-2)16-8-15-12/h4-8H,3H2,1-2H3,(H,17,20). The molecule has 0 bridgehead atoms. The molecule has 2 heterocycles. The zero-order valence-corrected chi connectivity index (χ0v) is 12.1. The molecule has 0 unspecified atom stereocenters. The van der Waals surface area contributed by atoms with Gasteiger partial charge >= 0.3 is 0 Å². The third kappa shape index (κ3) is 1.98. The molecule has 0 fully saturated rings. The minimum absolute atomic E-state index is 0.492. The SMILES string of the molecule is CCc1cccc(-n2c(=S)[nH]c3c(OC)ncnc32)c1. The van der Waals surface area contributed by atoms with Crippen molar-refractivity contribution in [3.05, 3.63) is 40.9 Å². The smallest absolute Gasteiger partial charge is 0.242 e. The van der Waals surface area contributed by atoms with Crippen molar-refractivity contribution >= 4 is 23.4 Å². The van der Waals surface area contributed by atoms with Gasteiger partial charge in [0, 0.05) is 0 Å². The number of fused-ring (bicyclic) bond motifs is 1. The number of nitrogens with zero attached hydrogens (tertiary/aromatic N) is 3. The van der Waals surface area contributed by atoms with Crippen LogP contribution in [0, 0.1) is 4.77 Å². The second-order valence-electron chi connectivity index (χ2n) is 4.37. The van der Waals surface area contributed by atoms with Gasteiger partial charge in [-0.15, -0.1) is 0 Å². The molecule has 1 aromatic carbocycles. The van der Waals surface area contributed by atoms with E-state index in [1.807, 2.05) is 16.7 Å². The van der Waals surface area contributed by atoms with Gasteiger partial charge in [0.05, 0.1) is 12.8 Å². The number of nitrogens with one attached hydrogen (secondary N) is 1. The summed E-state index contributed by atoms with van der Waals surface area (Å²) in [6, 6.07) is 8.24. The first-order valence-electron chi connectivity index (χ1n) is 6.33. The van der Waals surface area contributed by atoms with Gasteiger partial charge in [-0.25, -0.2) is 4.98 Å². The number of aromatic amines is 1. The van der Waals surface area contributed by atoms with Crippen molar-refractivity contribution in [3.63, 3.8) is 0 Å². The molecule has 0 aliphatic carbocycles. The fourth-order valence-electron chi connectivity index (χ4n) is 2.21. The summed E-state index contributed by atoms with van der Waals surface area (Å²) in [5, 5.41) is 0. The molecule has 0 aliphatic heterocycles. The molecular formula is C14H14N4OS. The van der Waals surface area contributed by atoms with E-state index < -0.39 is 0 Å². The van der Waals surface area contributed by atoms with Gasteiger partial charge in [-0.05, 0) is 36.3 Å². The van der Waals surface area contributed by atoms with Gasteiger partial charge in [-0.1, -0.05) is 19.1 Å². The van der Waals surface area contributed by atoms with E-state index in [0.717, 1.165) is 17.8 Å². The summed E-state index contributed by atoms with van der Waals surface area (Å²) in [4.78, 5) is 11.5. The van der Waals surface area contributed by atoms with Crippen LogP contribution in [-0.4, -0.2) is 26.6 Å². The van der Waals surface area contributed by atoms with Crippen LogP contribution in [0.3, 0.4) is 0 Å². The summed E-state index contributed by atoms with van der Waals surface area (Å²) >= 11 is 5.41. The van der Waals surface area contributed by atoms with Crippen LogP contribution in [0.15, 0.2) is 30.6 Å². The van der Waals surface area contributed by atoms with Crippen LogP contribution < -0.4 is 4.74 Å². The maximum Gasteiger partial charge on any atom is 0.242 e. The molecule has 102 valence electrons. The van der Waals surface area contributed by atoms with Crippen molar-refractivity contribution in [2.75, 3.05) is 7.11 Å². The zero-order chi connectivity index (χ0) is 14.1. The molecule has 6 heteroatoms. The van der Waals surface area contributed by atoms with Crippen LogP contribution in [0.1, 0.15) is 12.5 Å². The average molecular weight is 286 g/mol. The number of aryl methyl sites for hydroxylation is 1. The molecule has 0 saturated carbocycles. The fourth-order valence-corrected chi connectivity index (χ4v) is 2.50. The third-order valence-electron chi connectivity index (χ3n) is 3.21. The number of ether oxygens (including phenoxy) is 1. The predicted molar refractivity (Wildman–Crippen MR) is 80.0 cm³/mol. The van der Waals surface area contributed by atoms with E-state index in [4.69, 9.17) is 17.0 Å². The highest BCUT2D eigenvalue weighted by Crippen LogP contribution is 2.23. The number of aromatic nitrogens is 4. The third-order valence-corrected chi connectivity index (χ3v) is 3.49. The molecular weight excluding hydrogens is 272 g/mol. The molecule has 3 aromatic rings. The summed E-state index contributed by atoms with van der Waals surface area (Å²) in [6.07, 6.45) is 2.45. The zero-order valence-electron chi connectivity index (χ0n) is 11.3.